The molecule has 14 N–H and O–H groups in total. The Morgan fingerprint density at radius 2 is 0.887 bits per heavy atom. The number of hydrogen-bond acceptors (Lipinski definition) is 27. The number of carboxylic acids is 1. The van der Waals surface area contributed by atoms with Crippen molar-refractivity contribution in [3.8, 4) is 12.0 Å². The van der Waals surface area contributed by atoms with E-state index < -0.39 is 117 Å². The molecular weight excluding hydrogens is 1300 g/mol. The second kappa shape index (κ2) is 46.8. The number of carboxylic acid groups (broad SMARTS) is 1. The Morgan fingerprint density at radius 1 is 0.536 bits per heavy atom. The first-order valence-corrected chi connectivity index (χ1v) is 30.3. The molecule has 97 heavy (non-hydrogen) atoms. The molecule has 1 aliphatic rings. The minimum atomic E-state index is -1.83. The molecule has 3 amide bonds. The van der Waals surface area contributed by atoms with Gasteiger partial charge in [0.1, 0.15) is 94.3 Å². The van der Waals surface area contributed by atoms with Crippen molar-refractivity contribution in [2.45, 2.75) is 113 Å². The third-order valence-electron chi connectivity index (χ3n) is 14.2. The molecular formula is C64H91ClN8O24. The van der Waals surface area contributed by atoms with Gasteiger partial charge in [0.25, 0.3) is 0 Å². The molecule has 1 saturated heterocycles. The van der Waals surface area contributed by atoms with E-state index in [0.717, 1.165) is 40.2 Å². The van der Waals surface area contributed by atoms with Crippen LogP contribution in [0.3, 0.4) is 0 Å². The summed E-state index contributed by atoms with van der Waals surface area (Å²) in [5.41, 5.74) is 3.05. The Hall–Kier alpha value is -8.32. The van der Waals surface area contributed by atoms with Crippen molar-refractivity contribution in [2.24, 2.45) is 0 Å². The number of nitrogens with zero attached hydrogens (tertiary/aromatic N) is 5. The van der Waals surface area contributed by atoms with E-state index in [2.05, 4.69) is 37.9 Å². The van der Waals surface area contributed by atoms with Gasteiger partial charge >= 0.3 is 48.1 Å². The van der Waals surface area contributed by atoms with Crippen molar-refractivity contribution < 1.29 is 131 Å². The highest BCUT2D eigenvalue weighted by Gasteiger charge is 2.35. The Kier molecular flexibility index (Phi) is 40.9. The van der Waals surface area contributed by atoms with Gasteiger partial charge in [-0.2, -0.15) is 0 Å². The molecule has 10 atom stereocenters. The number of nitrogens with one attached hydrogen (secondary N) is 3. The van der Waals surface area contributed by atoms with Gasteiger partial charge in [0, 0.05) is 33.0 Å². The minimum Gasteiger partial charge on any atom is -1.00 e. The van der Waals surface area contributed by atoms with Crippen LogP contribution in [-0.2, 0) is 69.3 Å². The maximum absolute atomic E-state index is 12.8. The highest BCUT2D eigenvalue weighted by molar-refractivity contribution is 5.83. The number of benzene rings is 4. The zero-order valence-electron chi connectivity index (χ0n) is 54.5. The number of aliphatic hydroxyl groups excluding tert-OH is 10. The number of amides is 3. The van der Waals surface area contributed by atoms with Crippen LogP contribution in [0.5, 0.6) is 12.0 Å². The first-order valence-electron chi connectivity index (χ1n) is 30.3. The summed E-state index contributed by atoms with van der Waals surface area (Å²) >= 11 is 0. The summed E-state index contributed by atoms with van der Waals surface area (Å²) in [6, 6.07) is 34.1. The summed E-state index contributed by atoms with van der Waals surface area (Å²) in [4.78, 5) is 86.5. The lowest BCUT2D eigenvalue weighted by atomic mass is 10.0. The predicted molar refractivity (Wildman–Crippen MR) is 341 cm³/mol. The molecule has 4 aromatic carbocycles. The van der Waals surface area contributed by atoms with Gasteiger partial charge < -0.3 is 123 Å². The van der Waals surface area contributed by atoms with E-state index in [1.807, 2.05) is 48.5 Å². The van der Waals surface area contributed by atoms with Gasteiger partial charge in [-0.25, -0.2) is 19.2 Å². The quantitative estimate of drug-likeness (QED) is 0.0108. The van der Waals surface area contributed by atoms with Gasteiger partial charge in [0.05, 0.1) is 53.8 Å². The summed E-state index contributed by atoms with van der Waals surface area (Å²) in [6.07, 6.45) is -15.1. The average Bonchev–Trinajstić information content (AvgIpc) is 0.813. The number of carbonyl (C=O) groups excluding carboxylic acids is 5. The number of halogens is 1. The van der Waals surface area contributed by atoms with Crippen LogP contribution in [0.2, 0.25) is 0 Å². The highest BCUT2D eigenvalue weighted by Crippen LogP contribution is 2.22. The lowest BCUT2D eigenvalue weighted by molar-refractivity contribution is -0.149. The van der Waals surface area contributed by atoms with Crippen LogP contribution >= 0.6 is 0 Å². The molecule has 538 valence electrons. The Morgan fingerprint density at radius 3 is 1.24 bits per heavy atom. The topological polar surface area (TPSA) is 468 Å². The molecule has 32 nitrogen and oxygen atoms in total. The van der Waals surface area contributed by atoms with Gasteiger partial charge in [0.2, 0.25) is 5.91 Å². The number of hydrogen-bond donors (Lipinski definition) is 14. The summed E-state index contributed by atoms with van der Waals surface area (Å²) in [5, 5.41) is 109. The van der Waals surface area contributed by atoms with Crippen molar-refractivity contribution in [1.29, 1.82) is 0 Å². The van der Waals surface area contributed by atoms with E-state index >= 15 is 0 Å². The number of ether oxygens (including phenoxy) is 7. The molecule has 5 aromatic rings. The van der Waals surface area contributed by atoms with Gasteiger partial charge in [-0.05, 0) is 42.1 Å². The van der Waals surface area contributed by atoms with Crippen LogP contribution in [0, 0.1) is 0 Å². The SMILES string of the molecule is CN(C[C@H](O)[C@@H](O)[C@H](O)[C@H](O)CO)C(=O)CC[C@H](NC(=O)OCc1ccccc1)C(=O)OCc1ccccc1.CNC[C@H](O)[C@@H](O)[C@H](O)[C@H](O)CO.COc1nc(OC)nc([N+]2(C)CCOCC2)n1.O=C(O)CC[C@H](NC(=O)OCc1ccccc1)C(=O)OCc1ccccc1.[Cl-]. The summed E-state index contributed by atoms with van der Waals surface area (Å²) < 4.78 is 36.8. The molecule has 1 aliphatic heterocycles. The number of aliphatic carboxylic acids is 1. The molecule has 33 heteroatoms. The predicted octanol–water partition coefficient (Wildman–Crippen LogP) is -3.91. The lowest BCUT2D eigenvalue weighted by Crippen LogP contribution is -3.00. The number of rotatable bonds is 33. The van der Waals surface area contributed by atoms with Gasteiger partial charge in [-0.1, -0.05) is 121 Å². The van der Waals surface area contributed by atoms with E-state index in [1.165, 1.54) is 21.3 Å². The fourth-order valence-corrected chi connectivity index (χ4v) is 8.34. The molecule has 0 aliphatic carbocycles. The van der Waals surface area contributed by atoms with Crippen molar-refractivity contribution in [3.63, 3.8) is 0 Å². The normalized spacial score (nSPS) is 15.2. The standard InChI is InChI=1S/C27H36N2O10.C20H21NO6.C10H17N4O3.C7H17NO5.ClH/c1-29(14-21(31)24(34)25(35)22(32)15-30)23(33)13-12-20(26(36)38-16-18-8-4-2-5-9-18)28-27(37)39-17-19-10-6-3-7-11-19;22-18(23)12-11-17(19(24)26-13-15-7-3-1-4-8-15)21-20(25)27-14-16-9-5-2-6-10-16;1-14(4-6-17-7-5-14)8-11-9(15-2)13-10(12-8)16-3;1-8-2-4(10)6(12)7(13)5(11)3-9;/h2-11,20-22,24-25,30-32,34-35H,12-17H2,1H3,(H,28,37);1-10,17H,11-14H2,(H,21,25)(H,22,23);4-7H2,1-3H3;4-13H,2-3H2,1H3;1H/q;;+1;;/p-1/t20-,21-,22+,24+,25+;17-;;4-,5+,6+,7+;/m00.0./s1. The average molecular weight is 1390 g/mol. The van der Waals surface area contributed by atoms with Gasteiger partial charge in [0.15, 0.2) is 0 Å². The first-order chi connectivity index (χ1) is 45.9. The summed E-state index contributed by atoms with van der Waals surface area (Å²) in [7, 11) is 8.02. The highest BCUT2D eigenvalue weighted by atomic mass is 35.5. The molecule has 0 spiro atoms. The van der Waals surface area contributed by atoms with E-state index in [0.29, 0.717) is 23.6 Å². The van der Waals surface area contributed by atoms with Crippen LogP contribution in [0.1, 0.15) is 47.9 Å². The number of esters is 2. The van der Waals surface area contributed by atoms with Crippen LogP contribution < -0.4 is 42.3 Å². The van der Waals surface area contributed by atoms with Crippen LogP contribution in [0.25, 0.3) is 0 Å². The van der Waals surface area contributed by atoms with E-state index in [4.69, 9.17) is 63.8 Å². The third kappa shape index (κ3) is 32.5. The van der Waals surface area contributed by atoms with E-state index in [9.17, 15) is 54.3 Å². The van der Waals surface area contributed by atoms with E-state index in [-0.39, 0.29) is 83.1 Å². The smallest absolute Gasteiger partial charge is 0.408 e. The molecule has 0 bridgehead atoms. The number of morpholine rings is 1. The molecule has 1 fully saturated rings. The van der Waals surface area contributed by atoms with Crippen LogP contribution in [-0.4, -0.2) is 261 Å². The Bertz CT molecular complexity index is 3010. The molecule has 1 aromatic heterocycles. The number of aliphatic hydroxyl groups is 10. The fourth-order valence-electron chi connectivity index (χ4n) is 8.34. The third-order valence-corrected chi connectivity index (χ3v) is 14.2. The zero-order chi connectivity index (χ0) is 71.0. The van der Waals surface area contributed by atoms with E-state index in [1.54, 1.807) is 79.8 Å². The maximum Gasteiger partial charge on any atom is 0.408 e. The second-order valence-electron chi connectivity index (χ2n) is 21.7. The molecule has 0 radical (unpaired) electrons. The second-order valence-corrected chi connectivity index (χ2v) is 21.7. The Balaban J connectivity index is 0.000000476. The van der Waals surface area contributed by atoms with Crippen molar-refractivity contribution in [1.82, 2.24) is 40.3 Å². The zero-order valence-corrected chi connectivity index (χ0v) is 55.2. The van der Waals surface area contributed by atoms with Crippen LogP contribution in [0.15, 0.2) is 121 Å². The van der Waals surface area contributed by atoms with Crippen molar-refractivity contribution in [3.05, 3.63) is 144 Å². The first kappa shape index (κ1) is 84.8. The number of carbonyl (C=O) groups is 6. The molecule has 0 saturated carbocycles. The number of likely N-dealkylation sites (N-methyl/N-ethyl adjacent to an activating group) is 3. The molecule has 2 heterocycles. The van der Waals surface area contributed by atoms with Crippen molar-refractivity contribution in [2.75, 3.05) is 88.0 Å². The lowest BCUT2D eigenvalue weighted by Gasteiger charge is -2.34. The minimum absolute atomic E-state index is 0. The van der Waals surface area contributed by atoms with Crippen LogP contribution in [0.4, 0.5) is 15.5 Å². The monoisotopic (exact) mass is 1390 g/mol. The largest absolute Gasteiger partial charge is 1.00 e. The van der Waals surface area contributed by atoms with Crippen molar-refractivity contribution >= 4 is 41.9 Å². The number of quaternary nitrogens is 1. The number of aromatic nitrogens is 3. The number of methoxy groups -OCH3 is 2. The summed E-state index contributed by atoms with van der Waals surface area (Å²) in [6.45, 7) is 1.25. The molecule has 6 rings (SSSR count). The fraction of sp³-hybridized carbons (Fsp3) is 0.484. The summed E-state index contributed by atoms with van der Waals surface area (Å²) in [5.74, 6) is -2.45. The number of alkyl carbamates (subject to hydrolysis) is 2. The maximum atomic E-state index is 12.8. The van der Waals surface area contributed by atoms with Gasteiger partial charge in [-0.3, -0.25) is 14.1 Å². The van der Waals surface area contributed by atoms with Gasteiger partial charge in [-0.15, -0.1) is 15.0 Å². The molecule has 0 unspecified atom stereocenters. The Labute approximate surface area is 567 Å².